The van der Waals surface area contributed by atoms with Crippen molar-refractivity contribution in [1.29, 1.82) is 0 Å². The van der Waals surface area contributed by atoms with Crippen molar-refractivity contribution >= 4 is 40.6 Å². The van der Waals surface area contributed by atoms with Crippen molar-refractivity contribution in [2.75, 3.05) is 5.75 Å². The van der Waals surface area contributed by atoms with Crippen molar-refractivity contribution in [3.63, 3.8) is 0 Å². The van der Waals surface area contributed by atoms with Crippen LogP contribution in [-0.2, 0) is 17.9 Å². The van der Waals surface area contributed by atoms with E-state index in [2.05, 4.69) is 25.7 Å². The lowest BCUT2D eigenvalue weighted by atomic mass is 10.2. The Hall–Kier alpha value is -2.76. The normalized spacial score (nSPS) is 11.2. The fraction of sp³-hybridized carbons (Fsp3) is 0.300. The molecule has 1 amide bonds. The predicted octanol–water partition coefficient (Wildman–Crippen LogP) is 4.02. The first-order valence-corrected chi connectivity index (χ1v) is 12.0. The minimum absolute atomic E-state index is 0.0547. The predicted molar refractivity (Wildman–Crippen MR) is 122 cm³/mol. The molecule has 4 aromatic rings. The molecule has 4 rings (SSSR count). The van der Waals surface area contributed by atoms with Crippen LogP contribution in [-0.4, -0.2) is 53.0 Å². The lowest BCUT2D eigenvalue weighted by Gasteiger charge is -2.24. The number of halogens is 1. The van der Waals surface area contributed by atoms with Gasteiger partial charge in [-0.3, -0.25) is 4.79 Å². The van der Waals surface area contributed by atoms with E-state index in [9.17, 15) is 4.79 Å². The summed E-state index contributed by atoms with van der Waals surface area (Å²) in [6.45, 7) is 4.65. The van der Waals surface area contributed by atoms with Crippen molar-refractivity contribution < 1.29 is 9.21 Å². The SMILES string of the molecule is CC(C)N(Cc1nnc(-c2ccccc2Cl)o1)C(=O)CSc1nnnn1Cc1cccs1. The smallest absolute Gasteiger partial charge is 0.249 e. The Kier molecular flexibility index (Phi) is 7.18. The van der Waals surface area contributed by atoms with Crippen LogP contribution in [0.3, 0.4) is 0 Å². The summed E-state index contributed by atoms with van der Waals surface area (Å²) in [5.41, 5.74) is 0.656. The number of amides is 1. The number of rotatable bonds is 9. The van der Waals surface area contributed by atoms with E-state index in [0.29, 0.717) is 34.1 Å². The number of tetrazole rings is 1. The Morgan fingerprint density at radius 2 is 2.06 bits per heavy atom. The zero-order chi connectivity index (χ0) is 22.5. The number of aromatic nitrogens is 6. The van der Waals surface area contributed by atoms with Gasteiger partial charge in [-0.15, -0.1) is 26.6 Å². The monoisotopic (exact) mass is 489 g/mol. The van der Waals surface area contributed by atoms with Crippen molar-refractivity contribution in [1.82, 2.24) is 35.3 Å². The molecule has 3 aromatic heterocycles. The first-order valence-electron chi connectivity index (χ1n) is 9.79. The summed E-state index contributed by atoms with van der Waals surface area (Å²) in [5, 5.41) is 23.1. The lowest BCUT2D eigenvalue weighted by molar-refractivity contribution is -0.131. The number of hydrogen-bond donors (Lipinski definition) is 0. The molecular weight excluding hydrogens is 470 g/mol. The summed E-state index contributed by atoms with van der Waals surface area (Å²) in [4.78, 5) is 15.8. The van der Waals surface area contributed by atoms with Crippen molar-refractivity contribution in [3.05, 3.63) is 57.6 Å². The van der Waals surface area contributed by atoms with E-state index in [1.54, 1.807) is 27.0 Å². The fourth-order valence-corrected chi connectivity index (χ4v) is 4.59. The lowest BCUT2D eigenvalue weighted by Crippen LogP contribution is -2.37. The molecular formula is C20H20ClN7O2S2. The van der Waals surface area contributed by atoms with Gasteiger partial charge in [-0.2, -0.15) is 0 Å². The Morgan fingerprint density at radius 3 is 2.81 bits per heavy atom. The van der Waals surface area contributed by atoms with Crippen LogP contribution in [0.25, 0.3) is 11.5 Å². The van der Waals surface area contributed by atoms with E-state index in [1.165, 1.54) is 11.8 Å². The zero-order valence-corrected chi connectivity index (χ0v) is 19.8. The number of carbonyl (C=O) groups excluding carboxylic acids is 1. The highest BCUT2D eigenvalue weighted by atomic mass is 35.5. The molecule has 0 atom stereocenters. The highest BCUT2D eigenvalue weighted by Crippen LogP contribution is 2.27. The Balaban J connectivity index is 1.40. The van der Waals surface area contributed by atoms with E-state index in [1.807, 2.05) is 49.6 Å². The van der Waals surface area contributed by atoms with Crippen LogP contribution in [0, 0.1) is 0 Å². The van der Waals surface area contributed by atoms with Crippen LogP contribution < -0.4 is 0 Å². The molecule has 0 aliphatic heterocycles. The fourth-order valence-electron chi connectivity index (χ4n) is 2.92. The molecule has 0 N–H and O–H groups in total. The van der Waals surface area contributed by atoms with Gasteiger partial charge in [0.15, 0.2) is 0 Å². The maximum atomic E-state index is 13.0. The van der Waals surface area contributed by atoms with Gasteiger partial charge >= 0.3 is 0 Å². The Morgan fingerprint density at radius 1 is 1.22 bits per heavy atom. The third-order valence-electron chi connectivity index (χ3n) is 4.53. The van der Waals surface area contributed by atoms with Gasteiger partial charge in [0.25, 0.3) is 0 Å². The minimum atomic E-state index is -0.0758. The van der Waals surface area contributed by atoms with Gasteiger partial charge in [0.05, 0.1) is 29.4 Å². The van der Waals surface area contributed by atoms with Crippen LogP contribution in [0.15, 0.2) is 51.4 Å². The van der Waals surface area contributed by atoms with E-state index in [-0.39, 0.29) is 24.2 Å². The highest BCUT2D eigenvalue weighted by Gasteiger charge is 2.22. The number of benzene rings is 1. The highest BCUT2D eigenvalue weighted by molar-refractivity contribution is 7.99. The molecule has 1 aromatic carbocycles. The van der Waals surface area contributed by atoms with Gasteiger partial charge in [-0.1, -0.05) is 41.6 Å². The number of carbonyl (C=O) groups is 1. The van der Waals surface area contributed by atoms with Crippen LogP contribution in [0.5, 0.6) is 0 Å². The molecule has 0 aliphatic rings. The van der Waals surface area contributed by atoms with Crippen molar-refractivity contribution in [3.8, 4) is 11.5 Å². The molecule has 0 fully saturated rings. The summed E-state index contributed by atoms with van der Waals surface area (Å²) in [7, 11) is 0. The number of thiophene rings is 1. The first-order chi connectivity index (χ1) is 15.5. The van der Waals surface area contributed by atoms with E-state index in [4.69, 9.17) is 16.0 Å². The van der Waals surface area contributed by atoms with Crippen molar-refractivity contribution in [2.24, 2.45) is 0 Å². The molecule has 3 heterocycles. The maximum absolute atomic E-state index is 13.0. The number of thioether (sulfide) groups is 1. The standard InChI is InChI=1S/C20H20ClN7O2S2/c1-13(2)27(11-17-22-23-19(30-17)15-7-3-4-8-16(15)21)18(29)12-32-20-24-25-26-28(20)10-14-6-5-9-31-14/h3-9,13H,10-12H2,1-2H3. The maximum Gasteiger partial charge on any atom is 0.249 e. The minimum Gasteiger partial charge on any atom is -0.419 e. The van der Waals surface area contributed by atoms with Crippen LogP contribution in [0.4, 0.5) is 0 Å². The average molecular weight is 490 g/mol. The average Bonchev–Trinajstić information content (AvgIpc) is 3.53. The van der Waals surface area contributed by atoms with Gasteiger partial charge < -0.3 is 9.32 Å². The van der Waals surface area contributed by atoms with Gasteiger partial charge in [-0.25, -0.2) is 4.68 Å². The second-order valence-electron chi connectivity index (χ2n) is 7.08. The van der Waals surface area contributed by atoms with Crippen LogP contribution in [0.1, 0.15) is 24.6 Å². The second kappa shape index (κ2) is 10.2. The topological polar surface area (TPSA) is 103 Å². The molecule has 0 bridgehead atoms. The summed E-state index contributed by atoms with van der Waals surface area (Å²) < 4.78 is 7.46. The second-order valence-corrected chi connectivity index (χ2v) is 9.47. The van der Waals surface area contributed by atoms with Crippen LogP contribution >= 0.6 is 34.7 Å². The van der Waals surface area contributed by atoms with E-state index < -0.39 is 0 Å². The molecule has 0 radical (unpaired) electrons. The third-order valence-corrected chi connectivity index (χ3v) is 6.66. The molecule has 0 aliphatic carbocycles. The molecule has 0 spiro atoms. The number of nitrogens with zero attached hydrogens (tertiary/aromatic N) is 7. The molecule has 0 saturated heterocycles. The first kappa shape index (κ1) is 22.4. The van der Waals surface area contributed by atoms with Gasteiger partial charge in [0.1, 0.15) is 0 Å². The van der Waals surface area contributed by atoms with Gasteiger partial charge in [0, 0.05) is 10.9 Å². The quantitative estimate of drug-likeness (QED) is 0.325. The summed E-state index contributed by atoms with van der Waals surface area (Å²) in [6.07, 6.45) is 0. The molecule has 9 nitrogen and oxygen atoms in total. The molecule has 0 unspecified atom stereocenters. The zero-order valence-electron chi connectivity index (χ0n) is 17.4. The Bertz CT molecular complexity index is 1180. The summed E-state index contributed by atoms with van der Waals surface area (Å²) in [5.74, 6) is 0.778. The van der Waals surface area contributed by atoms with E-state index >= 15 is 0 Å². The molecule has 166 valence electrons. The largest absolute Gasteiger partial charge is 0.419 e. The summed E-state index contributed by atoms with van der Waals surface area (Å²) in [6, 6.07) is 11.2. The Labute approximate surface area is 197 Å². The van der Waals surface area contributed by atoms with Gasteiger partial charge in [-0.05, 0) is 47.9 Å². The summed E-state index contributed by atoms with van der Waals surface area (Å²) >= 11 is 9.14. The van der Waals surface area contributed by atoms with Crippen molar-refractivity contribution in [2.45, 2.75) is 38.1 Å². The molecule has 0 saturated carbocycles. The number of hydrogen-bond acceptors (Lipinski definition) is 9. The molecule has 12 heteroatoms. The van der Waals surface area contributed by atoms with E-state index in [0.717, 1.165) is 4.88 Å². The van der Waals surface area contributed by atoms with Gasteiger partial charge in [0.2, 0.25) is 22.8 Å². The van der Waals surface area contributed by atoms with Crippen LogP contribution in [0.2, 0.25) is 5.02 Å². The third kappa shape index (κ3) is 5.34. The molecule has 32 heavy (non-hydrogen) atoms.